The van der Waals surface area contributed by atoms with Crippen molar-refractivity contribution in [2.75, 3.05) is 137 Å². The average Bonchev–Trinajstić information content (AvgIpc) is 1.47. The van der Waals surface area contributed by atoms with Gasteiger partial charge >= 0.3 is 0 Å². The van der Waals surface area contributed by atoms with Crippen molar-refractivity contribution >= 4 is 119 Å². The molecule has 12 aliphatic carbocycles. The molecule has 0 radical (unpaired) electrons. The molecule has 138 heavy (non-hydrogen) atoms. The van der Waals surface area contributed by atoms with Gasteiger partial charge < -0.3 is 38.9 Å². The number of likely N-dealkylation sites (N-methyl/N-ethyl adjacent to an activating group) is 1. The molecule has 4 saturated heterocycles. The van der Waals surface area contributed by atoms with Gasteiger partial charge in [0.05, 0.1) is 85.1 Å². The molecule has 29 rings (SSSR count). The van der Waals surface area contributed by atoms with Crippen molar-refractivity contribution in [1.29, 1.82) is 0 Å². The van der Waals surface area contributed by atoms with Crippen LogP contribution in [0.2, 0.25) is 20.1 Å². The summed E-state index contributed by atoms with van der Waals surface area (Å²) in [7, 11) is 2.09. The maximum atomic E-state index is 16.4. The van der Waals surface area contributed by atoms with Crippen molar-refractivity contribution in [3.63, 3.8) is 0 Å². The van der Waals surface area contributed by atoms with E-state index in [1.54, 1.807) is 30.9 Å². The molecule has 12 saturated carbocycles. The van der Waals surface area contributed by atoms with E-state index in [2.05, 4.69) is 155 Å². The molecule has 0 amide bonds. The zero-order chi connectivity index (χ0) is 94.1. The highest BCUT2D eigenvalue weighted by Crippen LogP contribution is 2.55. The summed E-state index contributed by atoms with van der Waals surface area (Å²) in [6.45, 7) is 21.2. The number of para-hydroxylation sites is 1. The first-order chi connectivity index (χ1) is 67.3. The molecule has 0 unspecified atom stereocenters. The molecule has 28 nitrogen and oxygen atoms in total. The highest BCUT2D eigenvalue weighted by atomic mass is 35.5. The van der Waals surface area contributed by atoms with E-state index < -0.39 is 0 Å². The number of benzene rings is 1. The molecule has 13 aromatic rings. The fraction of sp³-hybridized carbons (Fsp3) is 0.553. The zero-order valence-electron chi connectivity index (χ0n) is 79.1. The van der Waals surface area contributed by atoms with Crippen molar-refractivity contribution in [1.82, 2.24) is 105 Å². The van der Waals surface area contributed by atoms with Gasteiger partial charge in [-0.2, -0.15) is 20.4 Å². The number of ether oxygens (including phenoxy) is 2. The minimum Gasteiger partial charge on any atom is -0.378 e. The Labute approximate surface area is 821 Å². The number of pyridine rings is 4. The molecule has 0 spiro atoms. The predicted octanol–water partition coefficient (Wildman–Crippen LogP) is 19.9. The van der Waals surface area contributed by atoms with Crippen molar-refractivity contribution in [2.24, 2.45) is 94.7 Å². The van der Waals surface area contributed by atoms with Gasteiger partial charge in [-0.3, -0.25) is 20.4 Å². The standard InChI is InChI=1S/C30H33ClFN7.C25H31ClFN7.C24H28ClFN6O.C24H29ClN6O/c1-18-19-7-9-20(10-8-19)23(18)16-25-26(32)30(39-13-11-38(12-14-39)22-5-3-2-4-6-22)35-29(34-25)27-24-15-21(31)17-33-28(24)37-36-27;1-14-15-3-5-16(6-4-15)18(14)12-20-21(27)25(34-9-7-33(2)8-10-34)30-24(29-20)22-19-11-17(26)13-28-23(19)32-31-22;1-13-14-2-4-15(5-3-14)17(13)11-19-20(26)24(32-6-8-33-9-7-32)29-23(28-19)21-18-10-16(25)12-27-22(18)31-30-21;1-14-15-2-4-16(5-3-15)19(14)11-18-12-21(31-6-8-32-9-7-31)28-24(27-18)22-20-10-17(25)13-26-23(20)30-29-22/h2-6,15,17-20,23H,7-14,16H2,1H3,(H,33,36,37);11,13-16,18H,3-10,12H2,1-2H3,(H,28,31,32);10,12-15,17H,2-9,11H2,1H3,(H,27,30,31);10,12-16,19H,2-9,11H2,1H3,(H,26,29,30)/t18-,19?,20?,23+;14-,15?,16?,18+;13-,14?,15?,17+;14-,15?,16?,19+/m0000/s1. The number of fused-ring (bicyclic) bond motifs is 16. The van der Waals surface area contributed by atoms with Crippen LogP contribution in [0.25, 0.3) is 90.2 Å². The number of nitrogens with one attached hydrogen (secondary N) is 4. The van der Waals surface area contributed by atoms with Crippen LogP contribution >= 0.6 is 46.4 Å². The number of morpholine rings is 2. The molecule has 16 fully saturated rings. The predicted molar refractivity (Wildman–Crippen MR) is 533 cm³/mol. The van der Waals surface area contributed by atoms with Crippen LogP contribution in [0.1, 0.15) is 153 Å². The van der Waals surface area contributed by atoms with Gasteiger partial charge in [0.2, 0.25) is 0 Å². The second kappa shape index (κ2) is 40.1. The Morgan fingerprint density at radius 3 is 0.949 bits per heavy atom. The van der Waals surface area contributed by atoms with E-state index in [0.29, 0.717) is 235 Å². The van der Waals surface area contributed by atoms with Gasteiger partial charge in [-0.05, 0) is 267 Å². The Morgan fingerprint density at radius 2 is 0.616 bits per heavy atom. The normalized spacial score (nSPS) is 26.9. The summed E-state index contributed by atoms with van der Waals surface area (Å²) < 4.78 is 59.4. The summed E-state index contributed by atoms with van der Waals surface area (Å²) in [5.41, 5.74) is 8.79. The number of nitrogens with zero attached hydrogens (tertiary/aromatic N) is 22. The monoisotopic (exact) mass is 1950 g/mol. The first-order valence-electron chi connectivity index (χ1n) is 50.5. The third-order valence-corrected chi connectivity index (χ3v) is 34.9. The lowest BCUT2D eigenvalue weighted by molar-refractivity contribution is 0.0334. The molecule has 724 valence electrons. The third-order valence-electron chi connectivity index (χ3n) is 34.1. The van der Waals surface area contributed by atoms with Crippen molar-refractivity contribution < 1.29 is 22.6 Å². The van der Waals surface area contributed by atoms with Gasteiger partial charge in [0.25, 0.3) is 0 Å². The Hall–Kier alpha value is -10.2. The Morgan fingerprint density at radius 1 is 0.326 bits per heavy atom. The number of piperazine rings is 2. The number of halogens is 7. The quantitative estimate of drug-likeness (QED) is 0.0658. The number of H-pyrrole nitrogens is 4. The fourth-order valence-electron chi connectivity index (χ4n) is 26.1. The number of aromatic nitrogens is 20. The minimum atomic E-state index is -0.297. The van der Waals surface area contributed by atoms with E-state index in [1.165, 1.54) is 108 Å². The molecular weight excluding hydrogens is 1830 g/mol. The highest BCUT2D eigenvalue weighted by Gasteiger charge is 2.47. The van der Waals surface area contributed by atoms with Crippen LogP contribution in [0, 0.1) is 112 Å². The smallest absolute Gasteiger partial charge is 0.187 e. The van der Waals surface area contributed by atoms with Crippen LogP contribution in [0.15, 0.2) is 85.5 Å². The zero-order valence-corrected chi connectivity index (χ0v) is 82.1. The average molecular weight is 1950 g/mol. The second-order valence-electron chi connectivity index (χ2n) is 41.3. The van der Waals surface area contributed by atoms with Gasteiger partial charge in [0, 0.05) is 121 Å². The molecule has 12 aromatic heterocycles. The summed E-state index contributed by atoms with van der Waals surface area (Å²) >= 11 is 24.9. The van der Waals surface area contributed by atoms with Crippen LogP contribution < -0.4 is 24.5 Å². The summed E-state index contributed by atoms with van der Waals surface area (Å²) in [6, 6.07) is 19.9. The highest BCUT2D eigenvalue weighted by molar-refractivity contribution is 6.32. The Kier molecular flexibility index (Phi) is 27.0. The Bertz CT molecular complexity index is 6500. The topological polar surface area (TPSA) is 307 Å². The molecule has 8 bridgehead atoms. The maximum Gasteiger partial charge on any atom is 0.187 e. The summed E-state index contributed by atoms with van der Waals surface area (Å²) in [5, 5.41) is 34.7. The molecular formula is C103H121Cl4F3N26O2. The Balaban J connectivity index is 0.000000106. The van der Waals surface area contributed by atoms with Gasteiger partial charge in [0.1, 0.15) is 28.6 Å². The third kappa shape index (κ3) is 18.9. The van der Waals surface area contributed by atoms with E-state index in [4.69, 9.17) is 90.8 Å². The first-order valence-corrected chi connectivity index (χ1v) is 52.0. The summed E-state index contributed by atoms with van der Waals surface area (Å²) in [5.74, 6) is 13.9. The van der Waals surface area contributed by atoms with Gasteiger partial charge in [0.15, 0.2) is 80.8 Å². The number of anilines is 5. The van der Waals surface area contributed by atoms with Crippen molar-refractivity contribution in [2.45, 2.75) is 156 Å². The molecule has 4 aliphatic heterocycles. The summed E-state index contributed by atoms with van der Waals surface area (Å²) in [6.07, 6.45) is 30.3. The van der Waals surface area contributed by atoms with Crippen molar-refractivity contribution in [3.05, 3.63) is 146 Å². The van der Waals surface area contributed by atoms with E-state index in [1.807, 2.05) is 29.2 Å². The van der Waals surface area contributed by atoms with Crippen molar-refractivity contribution in [3.8, 4) is 46.1 Å². The number of hydrogen-bond acceptors (Lipinski definition) is 24. The van der Waals surface area contributed by atoms with Gasteiger partial charge in [-0.1, -0.05) is 92.3 Å². The van der Waals surface area contributed by atoms with Crippen LogP contribution in [0.5, 0.6) is 0 Å². The van der Waals surface area contributed by atoms with Crippen LogP contribution in [-0.4, -0.2) is 218 Å². The first kappa shape index (κ1) is 92.9. The summed E-state index contributed by atoms with van der Waals surface area (Å²) in [4.78, 5) is 68.9. The molecule has 4 N–H and O–H groups in total. The van der Waals surface area contributed by atoms with Gasteiger partial charge in [-0.25, -0.2) is 73.0 Å². The van der Waals surface area contributed by atoms with Crippen LogP contribution in [-0.2, 0) is 35.2 Å². The van der Waals surface area contributed by atoms with E-state index in [-0.39, 0.29) is 17.5 Å². The molecule has 16 aliphatic rings. The number of aromatic amines is 4. The largest absolute Gasteiger partial charge is 0.378 e. The SMILES string of the molecule is C[C@H]1C2CCC(CC2)[C@@H]1Cc1cc(N2CCOCC2)nc(-c2[nH]nc3ncc(Cl)cc23)n1.C[C@H]1C2CCC(CC2)[C@@H]1Cc1nc(-c2[nH]nc3ncc(Cl)cc23)nc(N2CCN(C)CC2)c1F.C[C@H]1C2CCC(CC2)[C@@H]1Cc1nc(-c2[nH]nc3ncc(Cl)cc23)nc(N2CCN(c3ccccc3)CC2)c1F.C[C@H]1C2CCC(CC2)[C@@H]1Cc1nc(-c2[nH]nc3ncc(Cl)cc23)nc(N2CCOCC2)c1F. The van der Waals surface area contributed by atoms with Crippen LogP contribution in [0.4, 0.5) is 42.1 Å². The second-order valence-corrected chi connectivity index (χ2v) is 43.1. The van der Waals surface area contributed by atoms with Gasteiger partial charge in [-0.15, -0.1) is 0 Å². The van der Waals surface area contributed by atoms with E-state index >= 15 is 13.2 Å². The van der Waals surface area contributed by atoms with E-state index in [9.17, 15) is 0 Å². The lowest BCUT2D eigenvalue weighted by atomic mass is 9.58. The lowest BCUT2D eigenvalue weighted by Crippen LogP contribution is -2.47. The van der Waals surface area contributed by atoms with E-state index in [0.717, 1.165) is 146 Å². The number of rotatable bonds is 17. The molecule has 35 heteroatoms. The number of hydrogen-bond donors (Lipinski definition) is 4. The lowest BCUT2D eigenvalue weighted by Gasteiger charge is -2.47. The molecule has 16 heterocycles. The maximum absolute atomic E-state index is 16.4. The van der Waals surface area contributed by atoms with Crippen LogP contribution in [0.3, 0.4) is 0 Å². The fourth-order valence-corrected chi connectivity index (χ4v) is 26.7. The molecule has 8 atom stereocenters. The molecule has 1 aromatic carbocycles. The minimum absolute atomic E-state index is 0.262.